The molecule has 2 heteroatoms. The van der Waals surface area contributed by atoms with Gasteiger partial charge in [0.15, 0.2) is 0 Å². The Bertz CT molecular complexity index is 529. The number of aryl methyl sites for hydroxylation is 1. The summed E-state index contributed by atoms with van der Waals surface area (Å²) in [5.74, 6) is 1.06. The van der Waals surface area contributed by atoms with Gasteiger partial charge in [-0.3, -0.25) is 0 Å². The molecule has 20 heavy (non-hydrogen) atoms. The summed E-state index contributed by atoms with van der Waals surface area (Å²) in [5, 5.41) is 1.20. The fourth-order valence-corrected chi connectivity index (χ4v) is 2.90. The second-order valence-electron chi connectivity index (χ2n) is 5.60. The van der Waals surface area contributed by atoms with Gasteiger partial charge in [0.2, 0.25) is 0 Å². The average molecular weight is 273 g/mol. The third-order valence-electron chi connectivity index (χ3n) is 4.02. The zero-order valence-corrected chi connectivity index (χ0v) is 12.8. The third-order valence-corrected chi connectivity index (χ3v) is 4.02. The van der Waals surface area contributed by atoms with E-state index in [1.807, 2.05) is 12.1 Å². The molecule has 1 aromatic carbocycles. The number of hydrogen-bond donors (Lipinski definition) is 1. The predicted molar refractivity (Wildman–Crippen MR) is 85.9 cm³/mol. The van der Waals surface area contributed by atoms with E-state index in [0.29, 0.717) is 0 Å². The molecule has 0 radical (unpaired) electrons. The molecule has 1 atom stereocenters. The van der Waals surface area contributed by atoms with Gasteiger partial charge in [0.25, 0.3) is 0 Å². The van der Waals surface area contributed by atoms with Crippen LogP contribution >= 0.6 is 0 Å². The molecule has 0 saturated carbocycles. The lowest BCUT2D eigenvalue weighted by Gasteiger charge is -2.12. The van der Waals surface area contributed by atoms with Crippen molar-refractivity contribution in [3.05, 3.63) is 35.6 Å². The van der Waals surface area contributed by atoms with E-state index in [0.717, 1.165) is 24.2 Å². The van der Waals surface area contributed by atoms with Crippen LogP contribution < -0.4 is 5.73 Å². The summed E-state index contributed by atoms with van der Waals surface area (Å²) in [6, 6.07) is 8.35. The molecule has 1 aromatic heterocycles. The zero-order chi connectivity index (χ0) is 14.4. The number of fused-ring (bicyclic) bond motifs is 1. The van der Waals surface area contributed by atoms with Crippen LogP contribution in [0.1, 0.15) is 69.7 Å². The summed E-state index contributed by atoms with van der Waals surface area (Å²) in [4.78, 5) is 0. The number of furan rings is 1. The predicted octanol–water partition coefficient (Wildman–Crippen LogP) is 5.36. The summed E-state index contributed by atoms with van der Waals surface area (Å²) in [6.45, 7) is 4.38. The molecule has 0 aliphatic rings. The van der Waals surface area contributed by atoms with Gasteiger partial charge in [0, 0.05) is 23.4 Å². The van der Waals surface area contributed by atoms with Crippen LogP contribution in [0.5, 0.6) is 0 Å². The van der Waals surface area contributed by atoms with Gasteiger partial charge in [0.1, 0.15) is 11.3 Å². The Labute approximate surface area is 122 Å². The highest BCUT2D eigenvalue weighted by molar-refractivity contribution is 5.82. The minimum Gasteiger partial charge on any atom is -0.461 e. The number of nitrogens with two attached hydrogens (primary N) is 1. The summed E-state index contributed by atoms with van der Waals surface area (Å²) in [7, 11) is 0. The van der Waals surface area contributed by atoms with E-state index in [1.165, 1.54) is 43.1 Å². The lowest BCUT2D eigenvalue weighted by molar-refractivity contribution is 0.519. The molecule has 0 aliphatic carbocycles. The average Bonchev–Trinajstić information content (AvgIpc) is 2.85. The Morgan fingerprint density at radius 3 is 2.55 bits per heavy atom. The molecule has 0 spiro atoms. The molecular weight excluding hydrogens is 246 g/mol. The molecule has 110 valence electrons. The van der Waals surface area contributed by atoms with E-state index in [4.69, 9.17) is 10.2 Å². The number of hydrogen-bond acceptors (Lipinski definition) is 2. The van der Waals surface area contributed by atoms with Crippen LogP contribution in [0.15, 0.2) is 28.7 Å². The van der Waals surface area contributed by atoms with E-state index < -0.39 is 0 Å². The minimum atomic E-state index is 0.107. The molecular formula is C18H27NO. The van der Waals surface area contributed by atoms with Crippen LogP contribution in [0.4, 0.5) is 0 Å². The molecule has 0 saturated heterocycles. The Balaban J connectivity index is 2.06. The van der Waals surface area contributed by atoms with Gasteiger partial charge in [0.05, 0.1) is 0 Å². The highest BCUT2D eigenvalue weighted by atomic mass is 16.3. The molecule has 2 nitrogen and oxygen atoms in total. The quantitative estimate of drug-likeness (QED) is 0.658. The van der Waals surface area contributed by atoms with E-state index in [9.17, 15) is 0 Å². The fraction of sp³-hybridized carbons (Fsp3) is 0.556. The van der Waals surface area contributed by atoms with Gasteiger partial charge in [-0.2, -0.15) is 0 Å². The Morgan fingerprint density at radius 1 is 1.05 bits per heavy atom. The summed E-state index contributed by atoms with van der Waals surface area (Å²) >= 11 is 0. The summed E-state index contributed by atoms with van der Waals surface area (Å²) in [5.41, 5.74) is 8.64. The van der Waals surface area contributed by atoms with Crippen molar-refractivity contribution in [2.75, 3.05) is 0 Å². The first kappa shape index (κ1) is 15.1. The highest BCUT2D eigenvalue weighted by Crippen LogP contribution is 2.32. The molecule has 0 aliphatic heterocycles. The second-order valence-corrected chi connectivity index (χ2v) is 5.60. The van der Waals surface area contributed by atoms with Crippen molar-refractivity contribution in [1.82, 2.24) is 0 Å². The molecule has 1 heterocycles. The Hall–Kier alpha value is -1.28. The highest BCUT2D eigenvalue weighted by Gasteiger charge is 2.18. The summed E-state index contributed by atoms with van der Waals surface area (Å²) < 4.78 is 5.93. The van der Waals surface area contributed by atoms with Crippen molar-refractivity contribution in [3.8, 4) is 0 Å². The number of benzene rings is 1. The number of rotatable bonds is 8. The van der Waals surface area contributed by atoms with E-state index in [-0.39, 0.29) is 6.04 Å². The molecule has 0 bridgehead atoms. The molecule has 2 aromatic rings. The van der Waals surface area contributed by atoms with Crippen LogP contribution in [0.25, 0.3) is 11.0 Å². The van der Waals surface area contributed by atoms with Crippen molar-refractivity contribution in [2.24, 2.45) is 5.73 Å². The van der Waals surface area contributed by atoms with Crippen molar-refractivity contribution in [3.63, 3.8) is 0 Å². The van der Waals surface area contributed by atoms with E-state index in [2.05, 4.69) is 26.0 Å². The maximum atomic E-state index is 6.44. The molecule has 2 rings (SSSR count). The Morgan fingerprint density at radius 2 is 1.80 bits per heavy atom. The molecule has 0 fully saturated rings. The van der Waals surface area contributed by atoms with Gasteiger partial charge in [-0.05, 0) is 12.5 Å². The second kappa shape index (κ2) is 7.49. The van der Waals surface area contributed by atoms with Crippen LogP contribution in [0.2, 0.25) is 0 Å². The van der Waals surface area contributed by atoms with Gasteiger partial charge in [-0.15, -0.1) is 0 Å². The third kappa shape index (κ3) is 3.43. The molecule has 2 N–H and O–H groups in total. The lowest BCUT2D eigenvalue weighted by Crippen LogP contribution is -2.11. The Kier molecular flexibility index (Phi) is 5.66. The van der Waals surface area contributed by atoms with Crippen molar-refractivity contribution < 1.29 is 4.42 Å². The topological polar surface area (TPSA) is 39.2 Å². The maximum Gasteiger partial charge on any atom is 0.134 e. The molecule has 1 unspecified atom stereocenters. The number of para-hydroxylation sites is 1. The van der Waals surface area contributed by atoms with Crippen molar-refractivity contribution >= 4 is 11.0 Å². The largest absolute Gasteiger partial charge is 0.461 e. The number of unbranched alkanes of at least 4 members (excludes halogenated alkanes) is 4. The van der Waals surface area contributed by atoms with Gasteiger partial charge in [-0.25, -0.2) is 0 Å². The van der Waals surface area contributed by atoms with Crippen LogP contribution in [-0.4, -0.2) is 0 Å². The normalized spacial score (nSPS) is 12.9. The van der Waals surface area contributed by atoms with Crippen LogP contribution in [0.3, 0.4) is 0 Å². The lowest BCUT2D eigenvalue weighted by atomic mass is 9.97. The van der Waals surface area contributed by atoms with Gasteiger partial charge >= 0.3 is 0 Å². The van der Waals surface area contributed by atoms with Crippen molar-refractivity contribution in [2.45, 2.75) is 64.8 Å². The SMILES string of the molecule is CCCCCCCC(N)c1c(CC)oc2ccccc12. The zero-order valence-electron chi connectivity index (χ0n) is 12.8. The maximum absolute atomic E-state index is 6.44. The standard InChI is InChI=1S/C18H27NO/c1-3-5-6-7-8-12-15(19)18-14-11-9-10-13-17(14)20-16(18)4-2/h9-11,13,15H,3-8,12,19H2,1-2H3. The smallest absolute Gasteiger partial charge is 0.134 e. The molecule has 0 amide bonds. The van der Waals surface area contributed by atoms with Crippen LogP contribution in [-0.2, 0) is 6.42 Å². The van der Waals surface area contributed by atoms with E-state index in [1.54, 1.807) is 0 Å². The van der Waals surface area contributed by atoms with E-state index >= 15 is 0 Å². The first-order chi connectivity index (χ1) is 9.77. The first-order valence-electron chi connectivity index (χ1n) is 8.03. The first-order valence-corrected chi connectivity index (χ1v) is 8.03. The van der Waals surface area contributed by atoms with Gasteiger partial charge < -0.3 is 10.2 Å². The summed E-state index contributed by atoms with van der Waals surface area (Å²) in [6.07, 6.45) is 8.43. The monoisotopic (exact) mass is 273 g/mol. The van der Waals surface area contributed by atoms with Crippen molar-refractivity contribution in [1.29, 1.82) is 0 Å². The van der Waals surface area contributed by atoms with Gasteiger partial charge in [-0.1, -0.05) is 64.2 Å². The van der Waals surface area contributed by atoms with Crippen LogP contribution in [0, 0.1) is 0 Å². The fourth-order valence-electron chi connectivity index (χ4n) is 2.90. The minimum absolute atomic E-state index is 0.107.